The van der Waals surface area contributed by atoms with Gasteiger partial charge in [0.1, 0.15) is 11.7 Å². The SMILES string of the molecule is CCOC(=O)C1C(C(=O)O)c2ccccc2C(=O)N1c1cccc(OC)c1. The highest BCUT2D eigenvalue weighted by Crippen LogP contribution is 2.38. The molecule has 0 saturated heterocycles. The molecule has 2 unspecified atom stereocenters. The van der Waals surface area contributed by atoms with Crippen LogP contribution < -0.4 is 9.64 Å². The number of amides is 1. The number of carboxylic acid groups (broad SMARTS) is 1. The van der Waals surface area contributed by atoms with Crippen molar-refractivity contribution in [2.45, 2.75) is 18.9 Å². The summed E-state index contributed by atoms with van der Waals surface area (Å²) in [5.74, 6) is -3.20. The normalized spacial score (nSPS) is 18.6. The maximum atomic E-state index is 13.2. The summed E-state index contributed by atoms with van der Waals surface area (Å²) in [5, 5.41) is 9.85. The number of fused-ring (bicyclic) bond motifs is 1. The number of benzene rings is 2. The van der Waals surface area contributed by atoms with Crippen molar-refractivity contribution in [3.63, 3.8) is 0 Å². The lowest BCUT2D eigenvalue weighted by Gasteiger charge is -2.38. The summed E-state index contributed by atoms with van der Waals surface area (Å²) in [7, 11) is 1.48. The smallest absolute Gasteiger partial charge is 0.330 e. The van der Waals surface area contributed by atoms with Gasteiger partial charge in [-0.1, -0.05) is 24.3 Å². The molecule has 7 heteroatoms. The molecule has 7 nitrogen and oxygen atoms in total. The van der Waals surface area contributed by atoms with E-state index in [1.165, 1.54) is 12.0 Å². The molecule has 0 saturated carbocycles. The second-order valence-electron chi connectivity index (χ2n) is 5.98. The second-order valence-corrected chi connectivity index (χ2v) is 5.98. The highest BCUT2D eigenvalue weighted by atomic mass is 16.5. The van der Waals surface area contributed by atoms with E-state index in [1.807, 2.05) is 0 Å². The maximum absolute atomic E-state index is 13.2. The molecule has 3 rings (SSSR count). The molecule has 140 valence electrons. The molecule has 0 aromatic heterocycles. The summed E-state index contributed by atoms with van der Waals surface area (Å²) in [6.07, 6.45) is 0. The fraction of sp³-hybridized carbons (Fsp3) is 0.250. The number of ether oxygens (including phenoxy) is 2. The molecule has 2 aromatic carbocycles. The number of nitrogens with zero attached hydrogens (tertiary/aromatic N) is 1. The van der Waals surface area contributed by atoms with E-state index in [1.54, 1.807) is 55.5 Å². The molecule has 0 bridgehead atoms. The second kappa shape index (κ2) is 7.49. The van der Waals surface area contributed by atoms with Gasteiger partial charge in [0.25, 0.3) is 5.91 Å². The van der Waals surface area contributed by atoms with Crippen molar-refractivity contribution in [1.82, 2.24) is 0 Å². The standard InChI is InChI=1S/C20H19NO6/c1-3-27-20(25)17-16(19(23)24)14-9-4-5-10-15(14)18(22)21(17)12-7-6-8-13(11-12)26-2/h4-11,16-17H,3H2,1-2H3,(H,23,24). The predicted octanol–water partition coefficient (Wildman–Crippen LogP) is 2.46. The Bertz CT molecular complexity index is 894. The summed E-state index contributed by atoms with van der Waals surface area (Å²) in [6, 6.07) is 11.7. The molecule has 0 aliphatic carbocycles. The summed E-state index contributed by atoms with van der Waals surface area (Å²) in [6.45, 7) is 1.70. The van der Waals surface area contributed by atoms with Crippen LogP contribution in [0.4, 0.5) is 5.69 Å². The van der Waals surface area contributed by atoms with Gasteiger partial charge in [-0.15, -0.1) is 0 Å². The Labute approximate surface area is 156 Å². The van der Waals surface area contributed by atoms with Crippen LogP contribution in [0.5, 0.6) is 5.75 Å². The highest BCUT2D eigenvalue weighted by molar-refractivity contribution is 6.14. The molecule has 0 spiro atoms. The Morgan fingerprint density at radius 1 is 1.15 bits per heavy atom. The van der Waals surface area contributed by atoms with E-state index in [0.29, 0.717) is 17.0 Å². The number of carboxylic acids is 1. The van der Waals surface area contributed by atoms with Gasteiger partial charge in [-0.3, -0.25) is 14.5 Å². The van der Waals surface area contributed by atoms with Crippen molar-refractivity contribution >= 4 is 23.5 Å². The molecule has 0 fully saturated rings. The van der Waals surface area contributed by atoms with Gasteiger partial charge in [0.15, 0.2) is 6.04 Å². The topological polar surface area (TPSA) is 93.1 Å². The van der Waals surface area contributed by atoms with E-state index in [2.05, 4.69) is 0 Å². The van der Waals surface area contributed by atoms with Crippen molar-refractivity contribution in [3.8, 4) is 5.75 Å². The highest BCUT2D eigenvalue weighted by Gasteiger charge is 2.48. The van der Waals surface area contributed by atoms with Crippen LogP contribution in [-0.2, 0) is 14.3 Å². The van der Waals surface area contributed by atoms with E-state index in [-0.39, 0.29) is 12.2 Å². The quantitative estimate of drug-likeness (QED) is 0.814. The number of rotatable bonds is 5. The third-order valence-corrected chi connectivity index (χ3v) is 4.46. The first-order valence-electron chi connectivity index (χ1n) is 8.45. The van der Waals surface area contributed by atoms with Crippen LogP contribution in [-0.4, -0.2) is 42.7 Å². The van der Waals surface area contributed by atoms with Crippen molar-refractivity contribution < 1.29 is 29.0 Å². The minimum atomic E-state index is -1.32. The summed E-state index contributed by atoms with van der Waals surface area (Å²) < 4.78 is 10.3. The molecule has 2 atom stereocenters. The monoisotopic (exact) mass is 369 g/mol. The van der Waals surface area contributed by atoms with Crippen molar-refractivity contribution in [3.05, 3.63) is 59.7 Å². The largest absolute Gasteiger partial charge is 0.497 e. The minimum absolute atomic E-state index is 0.0729. The van der Waals surface area contributed by atoms with Crippen molar-refractivity contribution in [1.29, 1.82) is 0 Å². The molecular weight excluding hydrogens is 350 g/mol. The Balaban J connectivity index is 2.23. The lowest BCUT2D eigenvalue weighted by atomic mass is 9.82. The van der Waals surface area contributed by atoms with Crippen LogP contribution in [0.15, 0.2) is 48.5 Å². The zero-order valence-electron chi connectivity index (χ0n) is 14.9. The van der Waals surface area contributed by atoms with Gasteiger partial charge in [-0.05, 0) is 30.7 Å². The number of carbonyl (C=O) groups is 3. The number of anilines is 1. The Morgan fingerprint density at radius 3 is 2.56 bits per heavy atom. The average molecular weight is 369 g/mol. The lowest BCUT2D eigenvalue weighted by molar-refractivity contribution is -0.150. The van der Waals surface area contributed by atoms with Crippen LogP contribution in [0.25, 0.3) is 0 Å². The fourth-order valence-electron chi connectivity index (χ4n) is 3.31. The predicted molar refractivity (Wildman–Crippen MR) is 97.0 cm³/mol. The lowest BCUT2D eigenvalue weighted by Crippen LogP contribution is -2.55. The molecular formula is C20H19NO6. The van der Waals surface area contributed by atoms with E-state index in [0.717, 1.165) is 0 Å². The van der Waals surface area contributed by atoms with E-state index in [9.17, 15) is 19.5 Å². The number of methoxy groups -OCH3 is 1. The molecule has 1 heterocycles. The van der Waals surface area contributed by atoms with Gasteiger partial charge in [0, 0.05) is 17.3 Å². The summed E-state index contributed by atoms with van der Waals surface area (Å²) >= 11 is 0. The first-order chi connectivity index (χ1) is 13.0. The molecule has 27 heavy (non-hydrogen) atoms. The van der Waals surface area contributed by atoms with E-state index >= 15 is 0 Å². The third-order valence-electron chi connectivity index (χ3n) is 4.46. The van der Waals surface area contributed by atoms with Crippen LogP contribution in [0.3, 0.4) is 0 Å². The van der Waals surface area contributed by atoms with E-state index in [4.69, 9.17) is 9.47 Å². The Hall–Kier alpha value is -3.35. The first kappa shape index (κ1) is 18.4. The molecule has 1 aliphatic heterocycles. The van der Waals surface area contributed by atoms with Gasteiger partial charge >= 0.3 is 11.9 Å². The van der Waals surface area contributed by atoms with Gasteiger partial charge in [0.2, 0.25) is 0 Å². The summed E-state index contributed by atoms with van der Waals surface area (Å²) in [4.78, 5) is 39.1. The number of hydrogen-bond donors (Lipinski definition) is 1. The zero-order chi connectivity index (χ0) is 19.6. The first-order valence-corrected chi connectivity index (χ1v) is 8.45. The molecule has 1 amide bonds. The van der Waals surface area contributed by atoms with Gasteiger partial charge < -0.3 is 14.6 Å². The van der Waals surface area contributed by atoms with Crippen LogP contribution >= 0.6 is 0 Å². The maximum Gasteiger partial charge on any atom is 0.330 e. The molecule has 0 radical (unpaired) electrons. The van der Waals surface area contributed by atoms with E-state index < -0.39 is 29.8 Å². The minimum Gasteiger partial charge on any atom is -0.497 e. The number of esters is 1. The Morgan fingerprint density at radius 2 is 1.89 bits per heavy atom. The number of hydrogen-bond acceptors (Lipinski definition) is 5. The zero-order valence-corrected chi connectivity index (χ0v) is 14.9. The van der Waals surface area contributed by atoms with Crippen molar-refractivity contribution in [2.75, 3.05) is 18.6 Å². The van der Waals surface area contributed by atoms with Gasteiger partial charge in [-0.2, -0.15) is 0 Å². The third kappa shape index (κ3) is 3.23. The fourth-order valence-corrected chi connectivity index (χ4v) is 3.31. The van der Waals surface area contributed by atoms with Crippen LogP contribution in [0, 0.1) is 0 Å². The van der Waals surface area contributed by atoms with Gasteiger partial charge in [-0.25, -0.2) is 4.79 Å². The van der Waals surface area contributed by atoms with Gasteiger partial charge in [0.05, 0.1) is 13.7 Å². The molecule has 1 aliphatic rings. The van der Waals surface area contributed by atoms with Crippen LogP contribution in [0.1, 0.15) is 28.8 Å². The Kier molecular flexibility index (Phi) is 5.12. The average Bonchev–Trinajstić information content (AvgIpc) is 2.67. The molecule has 1 N–H and O–H groups in total. The van der Waals surface area contributed by atoms with Crippen molar-refractivity contribution in [2.24, 2.45) is 0 Å². The summed E-state index contributed by atoms with van der Waals surface area (Å²) in [5.41, 5.74) is 0.902. The number of carbonyl (C=O) groups excluding carboxylic acids is 2. The van der Waals surface area contributed by atoms with Crippen LogP contribution in [0.2, 0.25) is 0 Å². The molecule has 2 aromatic rings. The number of aliphatic carboxylic acids is 1.